The van der Waals surface area contributed by atoms with Crippen molar-refractivity contribution in [2.24, 2.45) is 0 Å². The number of amides is 2. The van der Waals surface area contributed by atoms with Crippen molar-refractivity contribution in [3.63, 3.8) is 0 Å². The van der Waals surface area contributed by atoms with Crippen LogP contribution in [0.2, 0.25) is 0 Å². The maximum absolute atomic E-state index is 11.9. The monoisotopic (exact) mass is 302 g/mol. The molecule has 0 unspecified atom stereocenters. The second kappa shape index (κ2) is 7.09. The maximum atomic E-state index is 11.9. The summed E-state index contributed by atoms with van der Waals surface area (Å²) in [6.45, 7) is 6.32. The van der Waals surface area contributed by atoms with E-state index in [1.165, 1.54) is 5.56 Å². The number of benzene rings is 1. The lowest BCUT2D eigenvalue weighted by Gasteiger charge is -2.12. The Kier molecular flexibility index (Phi) is 5.16. The van der Waals surface area contributed by atoms with Crippen LogP contribution in [-0.2, 0) is 4.74 Å². The third kappa shape index (κ3) is 4.08. The number of carbonyl (C=O) groups excluding carboxylic acids is 1. The van der Waals surface area contributed by atoms with Gasteiger partial charge in [-0.1, -0.05) is 17.7 Å². The first-order valence-electron chi connectivity index (χ1n) is 7.19. The molecule has 1 atom stereocenters. The molecule has 2 aromatic rings. The van der Waals surface area contributed by atoms with Crippen LogP contribution < -0.4 is 10.6 Å². The highest BCUT2D eigenvalue weighted by Crippen LogP contribution is 2.15. The highest BCUT2D eigenvalue weighted by atomic mass is 16.5. The minimum absolute atomic E-state index is 0.0646. The van der Waals surface area contributed by atoms with Crippen LogP contribution in [0.15, 0.2) is 30.3 Å². The molecule has 2 amide bonds. The smallest absolute Gasteiger partial charge is 0.320 e. The molecule has 0 spiro atoms. The number of urea groups is 1. The van der Waals surface area contributed by atoms with Crippen LogP contribution in [0, 0.1) is 13.8 Å². The number of aromatic nitrogens is 2. The lowest BCUT2D eigenvalue weighted by atomic mass is 10.2. The Balaban J connectivity index is 2.06. The van der Waals surface area contributed by atoms with E-state index in [1.54, 1.807) is 11.8 Å². The van der Waals surface area contributed by atoms with Crippen molar-refractivity contribution in [1.82, 2.24) is 15.1 Å². The van der Waals surface area contributed by atoms with E-state index in [0.717, 1.165) is 11.4 Å². The molecule has 6 nitrogen and oxygen atoms in total. The molecular weight excluding hydrogens is 280 g/mol. The van der Waals surface area contributed by atoms with E-state index in [1.807, 2.05) is 51.1 Å². The van der Waals surface area contributed by atoms with E-state index < -0.39 is 0 Å². The predicted molar refractivity (Wildman–Crippen MR) is 86.5 cm³/mol. The van der Waals surface area contributed by atoms with Gasteiger partial charge in [0.2, 0.25) is 0 Å². The molecule has 1 heterocycles. The molecule has 6 heteroatoms. The second-order valence-electron chi connectivity index (χ2n) is 5.37. The number of hydrogen-bond acceptors (Lipinski definition) is 3. The molecular formula is C16H22N4O2. The summed E-state index contributed by atoms with van der Waals surface area (Å²) in [5.41, 5.74) is 3.10. The Morgan fingerprint density at radius 2 is 2.00 bits per heavy atom. The van der Waals surface area contributed by atoms with Gasteiger partial charge >= 0.3 is 6.03 Å². The normalized spacial score (nSPS) is 12.0. The van der Waals surface area contributed by atoms with Gasteiger partial charge in [-0.15, -0.1) is 5.10 Å². The summed E-state index contributed by atoms with van der Waals surface area (Å²) >= 11 is 0. The third-order valence-electron chi connectivity index (χ3n) is 3.20. The van der Waals surface area contributed by atoms with Crippen molar-refractivity contribution < 1.29 is 9.53 Å². The minimum atomic E-state index is -0.293. The Hall–Kier alpha value is -2.34. The van der Waals surface area contributed by atoms with E-state index in [4.69, 9.17) is 4.74 Å². The lowest BCUT2D eigenvalue weighted by molar-refractivity contribution is 0.173. The van der Waals surface area contributed by atoms with E-state index >= 15 is 0 Å². The summed E-state index contributed by atoms with van der Waals surface area (Å²) in [7, 11) is 1.60. The molecule has 2 N–H and O–H groups in total. The molecule has 0 aliphatic carbocycles. The standard InChI is InChI=1S/C16H22N4O2/c1-11-5-7-14(8-6-11)20-13(3)9-15(19-20)18-16(21)17-12(2)10-22-4/h5-9,12H,10H2,1-4H3,(H2,17,18,19,21)/t12-/m1/s1. The van der Waals surface area contributed by atoms with Gasteiger partial charge in [-0.3, -0.25) is 5.32 Å². The number of methoxy groups -OCH3 is 1. The van der Waals surface area contributed by atoms with Crippen LogP contribution in [0.1, 0.15) is 18.2 Å². The molecule has 0 radical (unpaired) electrons. The van der Waals surface area contributed by atoms with Gasteiger partial charge in [-0.2, -0.15) is 0 Å². The average molecular weight is 302 g/mol. The summed E-state index contributed by atoms with van der Waals surface area (Å²) in [4.78, 5) is 11.9. The van der Waals surface area contributed by atoms with Crippen LogP contribution in [0.25, 0.3) is 5.69 Å². The van der Waals surface area contributed by atoms with Crippen LogP contribution >= 0.6 is 0 Å². The predicted octanol–water partition coefficient (Wildman–Crippen LogP) is 2.65. The van der Waals surface area contributed by atoms with Crippen LogP contribution in [-0.4, -0.2) is 35.6 Å². The molecule has 0 aliphatic rings. The summed E-state index contributed by atoms with van der Waals surface area (Å²) < 4.78 is 6.78. The fourth-order valence-electron chi connectivity index (χ4n) is 2.15. The fourth-order valence-corrected chi connectivity index (χ4v) is 2.15. The SMILES string of the molecule is COC[C@@H](C)NC(=O)Nc1cc(C)n(-c2ccc(C)cc2)n1. The minimum Gasteiger partial charge on any atom is -0.383 e. The first kappa shape index (κ1) is 16.0. The van der Waals surface area contributed by atoms with Crippen molar-refractivity contribution in [1.29, 1.82) is 0 Å². The molecule has 0 aliphatic heterocycles. The molecule has 1 aromatic carbocycles. The van der Waals surface area contributed by atoms with Gasteiger partial charge in [0.15, 0.2) is 5.82 Å². The number of ether oxygens (including phenoxy) is 1. The number of anilines is 1. The molecule has 0 saturated heterocycles. The Bertz CT molecular complexity index is 634. The maximum Gasteiger partial charge on any atom is 0.320 e. The number of carbonyl (C=O) groups is 1. The van der Waals surface area contributed by atoms with Gasteiger partial charge in [-0.25, -0.2) is 9.48 Å². The molecule has 2 rings (SSSR count). The average Bonchev–Trinajstić information content (AvgIpc) is 2.80. The zero-order chi connectivity index (χ0) is 16.1. The van der Waals surface area contributed by atoms with Crippen molar-refractivity contribution in [2.45, 2.75) is 26.8 Å². The van der Waals surface area contributed by atoms with Crippen molar-refractivity contribution in [3.8, 4) is 5.69 Å². The van der Waals surface area contributed by atoms with Crippen LogP contribution in [0.5, 0.6) is 0 Å². The molecule has 1 aromatic heterocycles. The van der Waals surface area contributed by atoms with Crippen molar-refractivity contribution >= 4 is 11.8 Å². The van der Waals surface area contributed by atoms with Gasteiger partial charge in [0.05, 0.1) is 18.3 Å². The third-order valence-corrected chi connectivity index (χ3v) is 3.20. The van der Waals surface area contributed by atoms with E-state index in [0.29, 0.717) is 12.4 Å². The van der Waals surface area contributed by atoms with Gasteiger partial charge in [0, 0.05) is 18.9 Å². The summed E-state index contributed by atoms with van der Waals surface area (Å²) in [6, 6.07) is 9.54. The number of nitrogens with one attached hydrogen (secondary N) is 2. The number of rotatable bonds is 5. The summed E-state index contributed by atoms with van der Waals surface area (Å²) in [6.07, 6.45) is 0. The van der Waals surface area contributed by atoms with Crippen LogP contribution in [0.4, 0.5) is 10.6 Å². The number of aryl methyl sites for hydroxylation is 2. The number of nitrogens with zero attached hydrogens (tertiary/aromatic N) is 2. The Morgan fingerprint density at radius 1 is 1.32 bits per heavy atom. The fraction of sp³-hybridized carbons (Fsp3) is 0.375. The molecule has 22 heavy (non-hydrogen) atoms. The first-order valence-corrected chi connectivity index (χ1v) is 7.19. The van der Waals surface area contributed by atoms with Crippen molar-refractivity contribution in [3.05, 3.63) is 41.6 Å². The quantitative estimate of drug-likeness (QED) is 0.892. The van der Waals surface area contributed by atoms with Gasteiger partial charge in [0.1, 0.15) is 0 Å². The second-order valence-corrected chi connectivity index (χ2v) is 5.37. The topological polar surface area (TPSA) is 68.2 Å². The van der Waals surface area contributed by atoms with Gasteiger partial charge in [0.25, 0.3) is 0 Å². The van der Waals surface area contributed by atoms with Crippen LogP contribution in [0.3, 0.4) is 0 Å². The molecule has 0 saturated carbocycles. The Morgan fingerprint density at radius 3 is 2.64 bits per heavy atom. The summed E-state index contributed by atoms with van der Waals surface area (Å²) in [5.74, 6) is 0.514. The first-order chi connectivity index (χ1) is 10.5. The Labute approximate surface area is 130 Å². The molecule has 0 fully saturated rings. The highest BCUT2D eigenvalue weighted by molar-refractivity contribution is 5.88. The zero-order valence-corrected chi connectivity index (χ0v) is 13.4. The molecule has 118 valence electrons. The largest absolute Gasteiger partial charge is 0.383 e. The molecule has 0 bridgehead atoms. The summed E-state index contributed by atoms with van der Waals surface area (Å²) in [5, 5.41) is 9.93. The lowest BCUT2D eigenvalue weighted by Crippen LogP contribution is -2.38. The van der Waals surface area contributed by atoms with E-state index in [-0.39, 0.29) is 12.1 Å². The van der Waals surface area contributed by atoms with E-state index in [9.17, 15) is 4.79 Å². The number of hydrogen-bond donors (Lipinski definition) is 2. The zero-order valence-electron chi connectivity index (χ0n) is 13.4. The van der Waals surface area contributed by atoms with Gasteiger partial charge < -0.3 is 10.1 Å². The van der Waals surface area contributed by atoms with Gasteiger partial charge in [-0.05, 0) is 32.9 Å². The highest BCUT2D eigenvalue weighted by Gasteiger charge is 2.11. The van der Waals surface area contributed by atoms with Crippen molar-refractivity contribution in [2.75, 3.05) is 19.0 Å². The van der Waals surface area contributed by atoms with E-state index in [2.05, 4.69) is 15.7 Å².